The van der Waals surface area contributed by atoms with Crippen LogP contribution in [-0.4, -0.2) is 10.1 Å². The molecule has 1 N–H and O–H groups in total. The lowest BCUT2D eigenvalue weighted by atomic mass is 10.1. The van der Waals surface area contributed by atoms with E-state index >= 15 is 0 Å². The Balaban J connectivity index is 2.12. The maximum absolute atomic E-state index is 13.9. The molecule has 3 aromatic rings. The fourth-order valence-corrected chi connectivity index (χ4v) is 3.06. The second-order valence-corrected chi connectivity index (χ2v) is 5.77. The van der Waals surface area contributed by atoms with Gasteiger partial charge in [0.1, 0.15) is 22.4 Å². The van der Waals surface area contributed by atoms with E-state index in [1.54, 1.807) is 24.3 Å². The molecule has 21 heavy (non-hydrogen) atoms. The van der Waals surface area contributed by atoms with E-state index in [4.69, 9.17) is 0 Å². The van der Waals surface area contributed by atoms with Crippen LogP contribution in [0.25, 0.3) is 21.8 Å². The van der Waals surface area contributed by atoms with Crippen molar-refractivity contribution >= 4 is 11.3 Å². The number of hydrogen-bond donors (Lipinski definition) is 1. The number of phenols is 1. The standard InChI is InChI=1S/C16H11F2NOS/c1-9-15(11-7-6-10(17)8-13(11)18)19-16(21-9)12-4-2-3-5-14(12)20/h2-8,20H,1H3. The fraction of sp³-hybridized carbons (Fsp3) is 0.0625. The number of thiazole rings is 1. The maximum Gasteiger partial charge on any atom is 0.135 e. The lowest BCUT2D eigenvalue weighted by Crippen LogP contribution is -1.88. The van der Waals surface area contributed by atoms with E-state index in [1.807, 2.05) is 6.92 Å². The van der Waals surface area contributed by atoms with E-state index in [2.05, 4.69) is 4.98 Å². The number of aromatic hydroxyl groups is 1. The van der Waals surface area contributed by atoms with Gasteiger partial charge in [-0.25, -0.2) is 13.8 Å². The van der Waals surface area contributed by atoms with Crippen LogP contribution in [0.3, 0.4) is 0 Å². The molecule has 106 valence electrons. The molecule has 5 heteroatoms. The van der Waals surface area contributed by atoms with Crippen molar-refractivity contribution in [3.8, 4) is 27.6 Å². The third kappa shape index (κ3) is 2.52. The highest BCUT2D eigenvalue weighted by molar-refractivity contribution is 7.15. The van der Waals surface area contributed by atoms with Gasteiger partial charge in [0, 0.05) is 16.5 Å². The average molecular weight is 303 g/mol. The monoisotopic (exact) mass is 303 g/mol. The number of benzene rings is 2. The highest BCUT2D eigenvalue weighted by atomic mass is 32.1. The highest BCUT2D eigenvalue weighted by Gasteiger charge is 2.16. The van der Waals surface area contributed by atoms with Gasteiger partial charge in [0.05, 0.1) is 11.3 Å². The molecular formula is C16H11F2NOS. The smallest absolute Gasteiger partial charge is 0.135 e. The Morgan fingerprint density at radius 1 is 1.05 bits per heavy atom. The number of aryl methyl sites for hydroxylation is 1. The molecule has 0 atom stereocenters. The van der Waals surface area contributed by atoms with Crippen LogP contribution >= 0.6 is 11.3 Å². The van der Waals surface area contributed by atoms with Gasteiger partial charge in [-0.05, 0) is 31.2 Å². The van der Waals surface area contributed by atoms with Crippen LogP contribution < -0.4 is 0 Å². The van der Waals surface area contributed by atoms with Crippen molar-refractivity contribution in [2.24, 2.45) is 0 Å². The van der Waals surface area contributed by atoms with Crippen LogP contribution in [0.1, 0.15) is 4.88 Å². The summed E-state index contributed by atoms with van der Waals surface area (Å²) < 4.78 is 26.9. The Hall–Kier alpha value is -2.27. The van der Waals surface area contributed by atoms with E-state index in [1.165, 1.54) is 23.5 Å². The molecule has 0 bridgehead atoms. The summed E-state index contributed by atoms with van der Waals surface area (Å²) in [6.45, 7) is 1.82. The van der Waals surface area contributed by atoms with Crippen LogP contribution in [0.15, 0.2) is 42.5 Å². The molecule has 0 spiro atoms. The molecular weight excluding hydrogens is 292 g/mol. The topological polar surface area (TPSA) is 33.1 Å². The van der Waals surface area contributed by atoms with Crippen LogP contribution in [0.5, 0.6) is 5.75 Å². The zero-order chi connectivity index (χ0) is 15.0. The number of phenolic OH excluding ortho intramolecular Hbond substituents is 1. The summed E-state index contributed by atoms with van der Waals surface area (Å²) in [6, 6.07) is 10.3. The van der Waals surface area contributed by atoms with Gasteiger partial charge in [-0.3, -0.25) is 0 Å². The number of para-hydroxylation sites is 1. The second kappa shape index (κ2) is 5.26. The van der Waals surface area contributed by atoms with Crippen LogP contribution in [-0.2, 0) is 0 Å². The van der Waals surface area contributed by atoms with Crippen LogP contribution in [0, 0.1) is 18.6 Å². The molecule has 1 heterocycles. The third-order valence-electron chi connectivity index (χ3n) is 3.12. The van der Waals surface area contributed by atoms with Crippen molar-refractivity contribution in [2.45, 2.75) is 6.92 Å². The van der Waals surface area contributed by atoms with Crippen molar-refractivity contribution in [3.63, 3.8) is 0 Å². The molecule has 0 saturated heterocycles. The van der Waals surface area contributed by atoms with E-state index in [9.17, 15) is 13.9 Å². The summed E-state index contributed by atoms with van der Waals surface area (Å²) in [6.07, 6.45) is 0. The van der Waals surface area contributed by atoms with E-state index in [0.29, 0.717) is 16.3 Å². The molecule has 2 aromatic carbocycles. The summed E-state index contributed by atoms with van der Waals surface area (Å²) in [7, 11) is 0. The SMILES string of the molecule is Cc1sc(-c2ccccc2O)nc1-c1ccc(F)cc1F. The summed E-state index contributed by atoms with van der Waals surface area (Å²) in [4.78, 5) is 5.20. The lowest BCUT2D eigenvalue weighted by molar-refractivity contribution is 0.477. The van der Waals surface area contributed by atoms with Gasteiger partial charge in [-0.1, -0.05) is 12.1 Å². The number of aromatic nitrogens is 1. The predicted molar refractivity (Wildman–Crippen MR) is 79.3 cm³/mol. The number of hydrogen-bond acceptors (Lipinski definition) is 3. The Kier molecular flexibility index (Phi) is 3.43. The Labute approximate surface area is 124 Å². The minimum Gasteiger partial charge on any atom is -0.507 e. The summed E-state index contributed by atoms with van der Waals surface area (Å²) in [5.74, 6) is -1.14. The molecule has 3 rings (SSSR count). The number of halogens is 2. The molecule has 0 aliphatic rings. The van der Waals surface area contributed by atoms with E-state index in [0.717, 1.165) is 10.9 Å². The summed E-state index contributed by atoms with van der Waals surface area (Å²) >= 11 is 1.36. The average Bonchev–Trinajstić information content (AvgIpc) is 2.81. The van der Waals surface area contributed by atoms with Gasteiger partial charge >= 0.3 is 0 Å². The van der Waals surface area contributed by atoms with Gasteiger partial charge in [0.15, 0.2) is 0 Å². The van der Waals surface area contributed by atoms with Gasteiger partial charge in [0.2, 0.25) is 0 Å². The molecule has 0 fully saturated rings. The van der Waals surface area contributed by atoms with Crippen molar-refractivity contribution in [3.05, 3.63) is 59.0 Å². The normalized spacial score (nSPS) is 10.8. The molecule has 0 unspecified atom stereocenters. The maximum atomic E-state index is 13.9. The Bertz CT molecular complexity index is 814. The molecule has 0 saturated carbocycles. The second-order valence-electron chi connectivity index (χ2n) is 4.57. The van der Waals surface area contributed by atoms with Gasteiger partial charge in [0.25, 0.3) is 0 Å². The van der Waals surface area contributed by atoms with Gasteiger partial charge in [-0.15, -0.1) is 11.3 Å². The quantitative estimate of drug-likeness (QED) is 0.739. The van der Waals surface area contributed by atoms with Crippen LogP contribution in [0.2, 0.25) is 0 Å². The molecule has 0 aliphatic heterocycles. The minimum absolute atomic E-state index is 0.123. The van der Waals surface area contributed by atoms with Crippen molar-refractivity contribution < 1.29 is 13.9 Å². The molecule has 0 radical (unpaired) electrons. The molecule has 2 nitrogen and oxygen atoms in total. The first kappa shape index (κ1) is 13.7. The fourth-order valence-electron chi connectivity index (χ4n) is 2.10. The van der Waals surface area contributed by atoms with Crippen molar-refractivity contribution in [1.82, 2.24) is 4.98 Å². The van der Waals surface area contributed by atoms with E-state index < -0.39 is 11.6 Å². The third-order valence-corrected chi connectivity index (χ3v) is 4.12. The minimum atomic E-state index is -0.646. The lowest BCUT2D eigenvalue weighted by Gasteiger charge is -2.01. The number of rotatable bonds is 2. The number of nitrogens with zero attached hydrogens (tertiary/aromatic N) is 1. The highest BCUT2D eigenvalue weighted by Crippen LogP contribution is 2.37. The zero-order valence-electron chi connectivity index (χ0n) is 11.1. The first-order valence-electron chi connectivity index (χ1n) is 6.27. The summed E-state index contributed by atoms with van der Waals surface area (Å²) in [5.41, 5.74) is 1.32. The van der Waals surface area contributed by atoms with Crippen LogP contribution in [0.4, 0.5) is 8.78 Å². The molecule has 0 aliphatic carbocycles. The molecule has 0 amide bonds. The predicted octanol–water partition coefficient (Wildman–Crippen LogP) is 4.77. The Morgan fingerprint density at radius 2 is 1.81 bits per heavy atom. The first-order chi connectivity index (χ1) is 10.1. The van der Waals surface area contributed by atoms with E-state index in [-0.39, 0.29) is 11.3 Å². The van der Waals surface area contributed by atoms with Crippen molar-refractivity contribution in [2.75, 3.05) is 0 Å². The summed E-state index contributed by atoms with van der Waals surface area (Å²) in [5, 5.41) is 10.5. The Morgan fingerprint density at radius 3 is 2.52 bits per heavy atom. The van der Waals surface area contributed by atoms with Crippen molar-refractivity contribution in [1.29, 1.82) is 0 Å². The van der Waals surface area contributed by atoms with Gasteiger partial charge in [-0.2, -0.15) is 0 Å². The molecule has 1 aromatic heterocycles. The zero-order valence-corrected chi connectivity index (χ0v) is 11.9. The largest absolute Gasteiger partial charge is 0.507 e. The first-order valence-corrected chi connectivity index (χ1v) is 7.09. The van der Waals surface area contributed by atoms with Gasteiger partial charge < -0.3 is 5.11 Å².